The molecule has 1 heterocycles. The summed E-state index contributed by atoms with van der Waals surface area (Å²) in [6.45, 7) is 11.1. The fraction of sp³-hybridized carbons (Fsp3) is 0.867. The molecule has 2 aliphatic carbocycles. The molecule has 1 spiro atoms. The zero-order valence-corrected chi connectivity index (χ0v) is 12.9. The average molecular weight is 284 g/mol. The van der Waals surface area contributed by atoms with E-state index in [0.717, 1.165) is 12.8 Å². The van der Waals surface area contributed by atoms with Gasteiger partial charge in [0.05, 0.1) is 21.8 Å². The molecule has 0 aromatic heterocycles. The summed E-state index contributed by atoms with van der Waals surface area (Å²) < 4.78 is 24.4. The molecule has 0 radical (unpaired) electrons. The maximum Gasteiger partial charge on any atom is 0.191 e. The Hall–Kier alpha value is -0.190. The molecule has 3 nitrogen and oxygen atoms in total. The summed E-state index contributed by atoms with van der Waals surface area (Å²) in [5.41, 5.74) is 0.270. The molecule has 5 atom stereocenters. The van der Waals surface area contributed by atoms with Gasteiger partial charge >= 0.3 is 0 Å². The predicted octanol–water partition coefficient (Wildman–Crippen LogP) is 2.84. The minimum atomic E-state index is -1.05. The molecule has 3 aliphatic rings. The Balaban J connectivity index is 1.97. The normalized spacial score (nSPS) is 48.1. The number of fused-ring (bicyclic) bond motifs is 1. The zero-order chi connectivity index (χ0) is 13.8. The third kappa shape index (κ3) is 1.72. The van der Waals surface area contributed by atoms with Crippen LogP contribution in [0.4, 0.5) is 0 Å². The van der Waals surface area contributed by atoms with Crippen molar-refractivity contribution >= 4 is 10.8 Å². The van der Waals surface area contributed by atoms with Crippen LogP contribution in [0.3, 0.4) is 0 Å². The second kappa shape index (κ2) is 4.40. The van der Waals surface area contributed by atoms with E-state index in [9.17, 15) is 4.21 Å². The molecule has 0 N–H and O–H groups in total. The zero-order valence-electron chi connectivity index (χ0n) is 12.1. The smallest absolute Gasteiger partial charge is 0.191 e. The average Bonchev–Trinajstić information content (AvgIpc) is 2.66. The van der Waals surface area contributed by atoms with E-state index >= 15 is 0 Å². The fourth-order valence-corrected chi connectivity index (χ4v) is 6.17. The molecular formula is C15H24O3S. The first kappa shape index (κ1) is 13.8. The highest BCUT2D eigenvalue weighted by molar-refractivity contribution is 7.89. The molecule has 0 amide bonds. The van der Waals surface area contributed by atoms with Crippen molar-refractivity contribution in [3.05, 3.63) is 11.5 Å². The molecule has 1 aliphatic heterocycles. The minimum absolute atomic E-state index is 0.0529. The number of ether oxygens (including phenoxy) is 2. The SMILES string of the molecule is C=C1[C@@H](OCC)O[C@@H]2C[C@H]3CC[C@]2(CS1=O)C3(C)C. The van der Waals surface area contributed by atoms with Crippen LogP contribution in [0.2, 0.25) is 0 Å². The molecule has 1 saturated heterocycles. The van der Waals surface area contributed by atoms with E-state index in [1.165, 1.54) is 6.42 Å². The van der Waals surface area contributed by atoms with Gasteiger partial charge in [-0.15, -0.1) is 0 Å². The van der Waals surface area contributed by atoms with Crippen molar-refractivity contribution in [2.24, 2.45) is 16.7 Å². The lowest BCUT2D eigenvalue weighted by Crippen LogP contribution is -2.43. The molecule has 2 saturated carbocycles. The van der Waals surface area contributed by atoms with Gasteiger partial charge in [0.2, 0.25) is 0 Å². The van der Waals surface area contributed by atoms with Crippen LogP contribution in [0, 0.1) is 16.7 Å². The lowest BCUT2D eigenvalue weighted by molar-refractivity contribution is -0.170. The minimum Gasteiger partial charge on any atom is -0.348 e. The van der Waals surface area contributed by atoms with E-state index < -0.39 is 17.1 Å². The Kier molecular flexibility index (Phi) is 3.19. The van der Waals surface area contributed by atoms with Gasteiger partial charge in [-0.05, 0) is 37.5 Å². The largest absolute Gasteiger partial charge is 0.348 e. The Morgan fingerprint density at radius 2 is 2.26 bits per heavy atom. The van der Waals surface area contributed by atoms with Crippen LogP contribution in [0.25, 0.3) is 0 Å². The van der Waals surface area contributed by atoms with Crippen LogP contribution >= 0.6 is 0 Å². The molecule has 19 heavy (non-hydrogen) atoms. The van der Waals surface area contributed by atoms with Gasteiger partial charge in [0.15, 0.2) is 6.29 Å². The van der Waals surface area contributed by atoms with Gasteiger partial charge < -0.3 is 9.47 Å². The molecule has 2 bridgehead atoms. The summed E-state index contributed by atoms with van der Waals surface area (Å²) in [6.07, 6.45) is 3.16. The van der Waals surface area contributed by atoms with E-state index in [0.29, 0.717) is 23.2 Å². The molecule has 0 aromatic rings. The molecule has 3 rings (SSSR count). The topological polar surface area (TPSA) is 35.5 Å². The van der Waals surface area contributed by atoms with Gasteiger partial charge in [0.1, 0.15) is 0 Å². The van der Waals surface area contributed by atoms with E-state index in [1.54, 1.807) is 0 Å². The van der Waals surface area contributed by atoms with E-state index in [4.69, 9.17) is 9.47 Å². The maximum atomic E-state index is 12.6. The second-order valence-electron chi connectivity index (χ2n) is 6.72. The van der Waals surface area contributed by atoms with E-state index in [1.807, 2.05) is 6.92 Å². The first-order chi connectivity index (χ1) is 8.92. The van der Waals surface area contributed by atoms with Gasteiger partial charge in [0, 0.05) is 17.8 Å². The van der Waals surface area contributed by atoms with Crippen LogP contribution in [0.15, 0.2) is 11.5 Å². The molecule has 3 fully saturated rings. The van der Waals surface area contributed by atoms with Crippen molar-refractivity contribution < 1.29 is 13.7 Å². The first-order valence-electron chi connectivity index (χ1n) is 7.26. The predicted molar refractivity (Wildman–Crippen MR) is 76.0 cm³/mol. The van der Waals surface area contributed by atoms with Crippen molar-refractivity contribution in [2.45, 2.75) is 52.4 Å². The quantitative estimate of drug-likeness (QED) is 0.782. The first-order valence-corrected chi connectivity index (χ1v) is 8.58. The third-order valence-corrected chi connectivity index (χ3v) is 7.46. The summed E-state index contributed by atoms with van der Waals surface area (Å²) in [6, 6.07) is 0. The highest BCUT2D eigenvalue weighted by Crippen LogP contribution is 2.67. The van der Waals surface area contributed by atoms with Crippen LogP contribution < -0.4 is 0 Å². The van der Waals surface area contributed by atoms with Gasteiger partial charge in [0.25, 0.3) is 0 Å². The van der Waals surface area contributed by atoms with Gasteiger partial charge in [-0.1, -0.05) is 20.4 Å². The molecule has 4 heteroatoms. The maximum absolute atomic E-state index is 12.6. The lowest BCUT2D eigenvalue weighted by Gasteiger charge is -2.40. The van der Waals surface area contributed by atoms with Gasteiger partial charge in [-0.3, -0.25) is 4.21 Å². The lowest BCUT2D eigenvalue weighted by atomic mass is 9.69. The van der Waals surface area contributed by atoms with Gasteiger partial charge in [-0.2, -0.15) is 0 Å². The van der Waals surface area contributed by atoms with Crippen molar-refractivity contribution in [2.75, 3.05) is 12.4 Å². The second-order valence-corrected chi connectivity index (χ2v) is 8.22. The highest BCUT2D eigenvalue weighted by Gasteiger charge is 2.66. The molecule has 1 unspecified atom stereocenters. The van der Waals surface area contributed by atoms with E-state index in [-0.39, 0.29) is 16.9 Å². The Morgan fingerprint density at radius 1 is 1.53 bits per heavy atom. The number of rotatable bonds is 2. The van der Waals surface area contributed by atoms with Crippen molar-refractivity contribution in [1.29, 1.82) is 0 Å². The van der Waals surface area contributed by atoms with Crippen molar-refractivity contribution in [3.8, 4) is 0 Å². The summed E-state index contributed by atoms with van der Waals surface area (Å²) in [5, 5.41) is 0. The van der Waals surface area contributed by atoms with Crippen LogP contribution in [0.1, 0.15) is 40.0 Å². The standard InChI is InChI=1S/C15H24O3S/c1-5-17-13-10(2)19(16)9-15-7-6-11(14(15,3)4)8-12(15)18-13/h11-13H,2,5-9H2,1,3-4H3/t11-,12-,13+,15-,19?/m1/s1. The molecule has 108 valence electrons. The summed E-state index contributed by atoms with van der Waals surface area (Å²) >= 11 is 0. The molecular weight excluding hydrogens is 260 g/mol. The van der Waals surface area contributed by atoms with Crippen LogP contribution in [0.5, 0.6) is 0 Å². The van der Waals surface area contributed by atoms with Crippen molar-refractivity contribution in [3.63, 3.8) is 0 Å². The summed E-state index contributed by atoms with van der Waals surface area (Å²) in [7, 11) is -1.05. The highest BCUT2D eigenvalue weighted by atomic mass is 32.2. The molecule has 0 aromatic carbocycles. The van der Waals surface area contributed by atoms with E-state index in [2.05, 4.69) is 20.4 Å². The fourth-order valence-electron chi connectivity index (χ4n) is 4.47. The Bertz CT molecular complexity index is 431. The van der Waals surface area contributed by atoms with Crippen LogP contribution in [-0.4, -0.2) is 29.0 Å². The Labute approximate surface area is 118 Å². The van der Waals surface area contributed by atoms with Gasteiger partial charge in [-0.25, -0.2) is 0 Å². The number of hydrogen-bond acceptors (Lipinski definition) is 3. The monoisotopic (exact) mass is 284 g/mol. The third-order valence-electron chi connectivity index (χ3n) is 5.91. The number of hydrogen-bond donors (Lipinski definition) is 0. The van der Waals surface area contributed by atoms with Crippen LogP contribution in [-0.2, 0) is 20.3 Å². The van der Waals surface area contributed by atoms with Crippen molar-refractivity contribution in [1.82, 2.24) is 0 Å². The summed E-state index contributed by atoms with van der Waals surface area (Å²) in [4.78, 5) is 0.616. The Morgan fingerprint density at radius 3 is 2.89 bits per heavy atom. The summed E-state index contributed by atoms with van der Waals surface area (Å²) in [5.74, 6) is 1.40.